The molecular weight excluding hydrogens is 256 g/mol. The van der Waals surface area contributed by atoms with Gasteiger partial charge in [-0.25, -0.2) is 0 Å². The molecule has 3 rings (SSSR count). The van der Waals surface area contributed by atoms with Gasteiger partial charge < -0.3 is 20.4 Å². The summed E-state index contributed by atoms with van der Waals surface area (Å²) < 4.78 is 0. The van der Waals surface area contributed by atoms with Gasteiger partial charge in [-0.05, 0) is 11.1 Å². The zero-order valence-corrected chi connectivity index (χ0v) is 10.4. The van der Waals surface area contributed by atoms with E-state index in [2.05, 4.69) is 0 Å². The van der Waals surface area contributed by atoms with Crippen molar-refractivity contribution in [3.8, 4) is 34.1 Å². The fraction of sp³-hybridized carbons (Fsp3) is 0. The molecule has 100 valence electrons. The van der Waals surface area contributed by atoms with Crippen LogP contribution < -0.4 is 0 Å². The molecule has 0 radical (unpaired) electrons. The molecule has 4 nitrogen and oxygen atoms in total. The van der Waals surface area contributed by atoms with Gasteiger partial charge in [0.15, 0.2) is 11.5 Å². The minimum Gasteiger partial charge on any atom is -0.504 e. The van der Waals surface area contributed by atoms with Crippen molar-refractivity contribution >= 4 is 10.8 Å². The van der Waals surface area contributed by atoms with Crippen LogP contribution in [0.1, 0.15) is 0 Å². The van der Waals surface area contributed by atoms with Gasteiger partial charge >= 0.3 is 0 Å². The third-order valence-electron chi connectivity index (χ3n) is 3.31. The van der Waals surface area contributed by atoms with E-state index in [1.54, 1.807) is 18.2 Å². The standard InChI is InChI=1S/C16H12O4/c17-13-11-8-4-7-10(9-5-2-1-3-6-9)12(11)14(18)16(20)15(13)19/h1-8,17-20H. The van der Waals surface area contributed by atoms with Crippen LogP contribution in [0.2, 0.25) is 0 Å². The first-order valence-electron chi connectivity index (χ1n) is 6.05. The molecule has 0 spiro atoms. The van der Waals surface area contributed by atoms with Crippen LogP contribution in [0.4, 0.5) is 0 Å². The van der Waals surface area contributed by atoms with Crippen molar-refractivity contribution in [2.75, 3.05) is 0 Å². The first kappa shape index (κ1) is 12.2. The Bertz CT molecular complexity index is 795. The van der Waals surface area contributed by atoms with Crippen molar-refractivity contribution in [2.24, 2.45) is 0 Å². The van der Waals surface area contributed by atoms with Gasteiger partial charge in [-0.15, -0.1) is 0 Å². The molecule has 0 amide bonds. The van der Waals surface area contributed by atoms with Crippen LogP contribution >= 0.6 is 0 Å². The van der Waals surface area contributed by atoms with Crippen molar-refractivity contribution in [1.29, 1.82) is 0 Å². The molecule has 0 atom stereocenters. The Morgan fingerprint density at radius 3 is 1.90 bits per heavy atom. The number of aromatic hydroxyl groups is 4. The molecule has 3 aromatic rings. The van der Waals surface area contributed by atoms with Crippen LogP contribution in [0.5, 0.6) is 23.0 Å². The van der Waals surface area contributed by atoms with E-state index in [9.17, 15) is 20.4 Å². The Hall–Kier alpha value is -2.88. The molecule has 0 fully saturated rings. The van der Waals surface area contributed by atoms with E-state index in [0.717, 1.165) is 5.56 Å². The van der Waals surface area contributed by atoms with Gasteiger partial charge in [-0.1, -0.05) is 48.5 Å². The largest absolute Gasteiger partial charge is 0.504 e. The number of fused-ring (bicyclic) bond motifs is 1. The number of benzene rings is 3. The molecule has 20 heavy (non-hydrogen) atoms. The topological polar surface area (TPSA) is 80.9 Å². The molecule has 0 bridgehead atoms. The van der Waals surface area contributed by atoms with Gasteiger partial charge in [0, 0.05) is 10.8 Å². The predicted octanol–water partition coefficient (Wildman–Crippen LogP) is 3.33. The average molecular weight is 268 g/mol. The molecule has 3 aromatic carbocycles. The monoisotopic (exact) mass is 268 g/mol. The summed E-state index contributed by atoms with van der Waals surface area (Å²) in [6.45, 7) is 0. The second-order valence-electron chi connectivity index (χ2n) is 4.49. The van der Waals surface area contributed by atoms with E-state index < -0.39 is 23.0 Å². The Morgan fingerprint density at radius 2 is 1.20 bits per heavy atom. The fourth-order valence-corrected chi connectivity index (χ4v) is 2.33. The van der Waals surface area contributed by atoms with E-state index >= 15 is 0 Å². The van der Waals surface area contributed by atoms with Crippen LogP contribution in [-0.4, -0.2) is 20.4 Å². The first-order valence-corrected chi connectivity index (χ1v) is 6.05. The number of phenolic OH excluding ortho intramolecular Hbond substituents is 4. The van der Waals surface area contributed by atoms with Crippen LogP contribution in [-0.2, 0) is 0 Å². The number of phenols is 4. The van der Waals surface area contributed by atoms with Gasteiger partial charge in [0.1, 0.15) is 0 Å². The Kier molecular flexibility index (Phi) is 2.64. The van der Waals surface area contributed by atoms with Crippen molar-refractivity contribution in [1.82, 2.24) is 0 Å². The highest BCUT2D eigenvalue weighted by molar-refractivity contribution is 6.06. The average Bonchev–Trinajstić information content (AvgIpc) is 2.51. The minimum atomic E-state index is -0.724. The highest BCUT2D eigenvalue weighted by Gasteiger charge is 2.20. The highest BCUT2D eigenvalue weighted by Crippen LogP contribution is 2.50. The van der Waals surface area contributed by atoms with E-state index in [1.807, 2.05) is 30.3 Å². The van der Waals surface area contributed by atoms with Crippen LogP contribution in [0.25, 0.3) is 21.9 Å². The SMILES string of the molecule is Oc1c(O)c(O)c2c(-c3ccccc3)cccc2c1O. The van der Waals surface area contributed by atoms with E-state index in [4.69, 9.17) is 0 Å². The Morgan fingerprint density at radius 1 is 0.550 bits per heavy atom. The Balaban J connectivity index is 2.47. The lowest BCUT2D eigenvalue weighted by Crippen LogP contribution is -1.84. The lowest BCUT2D eigenvalue weighted by Gasteiger charge is -2.12. The highest BCUT2D eigenvalue weighted by atomic mass is 16.3. The van der Waals surface area contributed by atoms with Gasteiger partial charge in [0.2, 0.25) is 11.5 Å². The smallest absolute Gasteiger partial charge is 0.204 e. The van der Waals surface area contributed by atoms with Crippen molar-refractivity contribution in [2.45, 2.75) is 0 Å². The zero-order valence-electron chi connectivity index (χ0n) is 10.4. The number of rotatable bonds is 1. The Labute approximate surface area is 114 Å². The number of hydrogen-bond donors (Lipinski definition) is 4. The van der Waals surface area contributed by atoms with Gasteiger partial charge in [0.05, 0.1) is 0 Å². The molecule has 0 aliphatic rings. The van der Waals surface area contributed by atoms with Crippen molar-refractivity contribution in [3.63, 3.8) is 0 Å². The normalized spacial score (nSPS) is 10.8. The van der Waals surface area contributed by atoms with Crippen molar-refractivity contribution < 1.29 is 20.4 Å². The summed E-state index contributed by atoms with van der Waals surface area (Å²) in [6.07, 6.45) is 0. The molecule has 0 unspecified atom stereocenters. The summed E-state index contributed by atoms with van der Waals surface area (Å²) >= 11 is 0. The minimum absolute atomic E-state index is 0.277. The second kappa shape index (κ2) is 4.35. The first-order chi connectivity index (χ1) is 9.61. The summed E-state index contributed by atoms with van der Waals surface area (Å²) in [5, 5.41) is 39.9. The molecule has 0 saturated heterocycles. The molecular formula is C16H12O4. The summed E-state index contributed by atoms with van der Waals surface area (Å²) in [7, 11) is 0. The lowest BCUT2D eigenvalue weighted by molar-refractivity contribution is 0.351. The zero-order chi connectivity index (χ0) is 14.3. The van der Waals surface area contributed by atoms with E-state index in [-0.39, 0.29) is 5.39 Å². The van der Waals surface area contributed by atoms with E-state index in [0.29, 0.717) is 10.9 Å². The van der Waals surface area contributed by atoms with Crippen LogP contribution in [0.15, 0.2) is 48.5 Å². The van der Waals surface area contributed by atoms with Gasteiger partial charge in [-0.3, -0.25) is 0 Å². The fourth-order valence-electron chi connectivity index (χ4n) is 2.33. The maximum absolute atomic E-state index is 10.1. The molecule has 0 saturated carbocycles. The lowest BCUT2D eigenvalue weighted by atomic mass is 9.96. The summed E-state index contributed by atoms with van der Waals surface area (Å²) in [5.41, 5.74) is 1.49. The van der Waals surface area contributed by atoms with Crippen LogP contribution in [0, 0.1) is 0 Å². The molecule has 4 N–H and O–H groups in total. The predicted molar refractivity (Wildman–Crippen MR) is 76.0 cm³/mol. The second-order valence-corrected chi connectivity index (χ2v) is 4.49. The molecule has 0 aliphatic heterocycles. The summed E-state index contributed by atoms with van der Waals surface area (Å²) in [4.78, 5) is 0. The van der Waals surface area contributed by atoms with Gasteiger partial charge in [0.25, 0.3) is 0 Å². The van der Waals surface area contributed by atoms with E-state index in [1.165, 1.54) is 0 Å². The molecule has 0 heterocycles. The van der Waals surface area contributed by atoms with Gasteiger partial charge in [-0.2, -0.15) is 0 Å². The molecule has 0 aliphatic carbocycles. The summed E-state index contributed by atoms with van der Waals surface area (Å²) in [5.74, 6) is -2.35. The maximum Gasteiger partial charge on any atom is 0.204 e. The third-order valence-corrected chi connectivity index (χ3v) is 3.31. The third kappa shape index (κ3) is 1.62. The van der Waals surface area contributed by atoms with Crippen molar-refractivity contribution in [3.05, 3.63) is 48.5 Å². The molecule has 0 aromatic heterocycles. The van der Waals surface area contributed by atoms with Crippen LogP contribution in [0.3, 0.4) is 0 Å². The quantitative estimate of drug-likeness (QED) is 0.403. The molecule has 4 heteroatoms. The number of hydrogen-bond acceptors (Lipinski definition) is 4. The summed E-state index contributed by atoms with van der Waals surface area (Å²) in [6, 6.07) is 14.3. The maximum atomic E-state index is 10.1.